The Balaban J connectivity index is 0. The topological polar surface area (TPSA) is 159 Å². The zero-order chi connectivity index (χ0) is 34.6. The lowest BCUT2D eigenvalue weighted by Gasteiger charge is -2.16. The number of hydrogen-bond donors (Lipinski definition) is 3. The summed E-state index contributed by atoms with van der Waals surface area (Å²) >= 11 is 0. The van der Waals surface area contributed by atoms with Crippen LogP contribution in [0.2, 0.25) is 0 Å². The van der Waals surface area contributed by atoms with Crippen LogP contribution >= 0.6 is 24.8 Å². The number of rotatable bonds is 10. The van der Waals surface area contributed by atoms with Crippen LogP contribution in [0.5, 0.6) is 0 Å². The zero-order valence-electron chi connectivity index (χ0n) is 29.1. The van der Waals surface area contributed by atoms with Gasteiger partial charge in [0.2, 0.25) is 11.8 Å². The highest BCUT2D eigenvalue weighted by molar-refractivity contribution is 6.15. The van der Waals surface area contributed by atoms with Gasteiger partial charge in [-0.15, -0.1) is 24.8 Å². The first-order valence-corrected chi connectivity index (χ1v) is 15.9. The number of nitrogens with zero attached hydrogens (tertiary/aromatic N) is 2. The lowest BCUT2D eigenvalue weighted by molar-refractivity contribution is -0.378. The third-order valence-corrected chi connectivity index (χ3v) is 6.99. The number of aromatic nitrogens is 2. The summed E-state index contributed by atoms with van der Waals surface area (Å²) in [7, 11) is 0. The molecule has 0 saturated heterocycles. The first-order chi connectivity index (χ1) is 23.3. The maximum absolute atomic E-state index is 11.5. The van der Waals surface area contributed by atoms with E-state index in [1.807, 2.05) is 54.7 Å². The van der Waals surface area contributed by atoms with E-state index in [0.717, 1.165) is 73.1 Å². The number of hydrogen-bond acceptors (Lipinski definition) is 6. The van der Waals surface area contributed by atoms with Crippen LogP contribution in [0.1, 0.15) is 77.8 Å². The van der Waals surface area contributed by atoms with Crippen LogP contribution in [-0.4, -0.2) is 47.7 Å². The zero-order valence-corrected chi connectivity index (χ0v) is 32.3. The number of aromatic amines is 1. The van der Waals surface area contributed by atoms with E-state index in [0.29, 0.717) is 17.7 Å². The van der Waals surface area contributed by atoms with E-state index in [4.69, 9.17) is 0 Å². The van der Waals surface area contributed by atoms with E-state index in [1.165, 1.54) is 19.4 Å². The number of Topliss-reactive ketones (excluding diaryl/α,β-unsaturated/α-hetero) is 1. The van der Waals surface area contributed by atoms with E-state index < -0.39 is 0 Å². The molecular formula is C38H46Cl4N6O4. The number of quaternary nitrogens is 1. The number of aliphatic imine (C=N–C) groups is 1. The third kappa shape index (κ3) is 18.7. The molecule has 0 atom stereocenters. The third-order valence-electron chi connectivity index (χ3n) is 6.99. The fraction of sp³-hybridized carbons (Fsp3) is 0.237. The number of ketones is 1. The van der Waals surface area contributed by atoms with Gasteiger partial charge in [0, 0.05) is 67.8 Å². The molecule has 0 aliphatic carbocycles. The molecule has 0 unspecified atom stereocenters. The van der Waals surface area contributed by atoms with Crippen molar-refractivity contribution in [1.29, 1.82) is 0 Å². The molecule has 6 N–H and O–H groups in total. The van der Waals surface area contributed by atoms with Gasteiger partial charge in [-0.2, -0.15) is 0 Å². The highest BCUT2D eigenvalue weighted by Gasteiger charge is 2.14. The molecule has 0 radical (unpaired) electrons. The van der Waals surface area contributed by atoms with Crippen molar-refractivity contribution in [2.45, 2.75) is 46.0 Å². The molecule has 1 aliphatic heterocycles. The molecule has 2 aromatic heterocycles. The van der Waals surface area contributed by atoms with E-state index in [-0.39, 0.29) is 67.2 Å². The molecule has 52 heavy (non-hydrogen) atoms. The summed E-state index contributed by atoms with van der Waals surface area (Å²) in [4.78, 5) is 55.2. The van der Waals surface area contributed by atoms with Gasteiger partial charge < -0.3 is 41.2 Å². The first-order valence-electron chi connectivity index (χ1n) is 15.9. The van der Waals surface area contributed by atoms with Gasteiger partial charge in [0.25, 0.3) is 0 Å². The van der Waals surface area contributed by atoms with Crippen molar-refractivity contribution in [3.8, 4) is 0 Å². The molecule has 14 heteroatoms. The van der Waals surface area contributed by atoms with Gasteiger partial charge in [0.1, 0.15) is 6.29 Å². The van der Waals surface area contributed by atoms with Gasteiger partial charge in [-0.05, 0) is 97.5 Å². The van der Waals surface area contributed by atoms with E-state index in [2.05, 4.69) is 37.4 Å². The average molecular weight is 793 g/mol. The molecule has 0 bridgehead atoms. The molecule has 4 aromatic rings. The minimum absolute atomic E-state index is 0. The highest BCUT2D eigenvalue weighted by Crippen LogP contribution is 2.22. The second-order valence-corrected chi connectivity index (χ2v) is 11.0. The van der Waals surface area contributed by atoms with Gasteiger partial charge in [0.05, 0.1) is 17.8 Å². The van der Waals surface area contributed by atoms with Crippen LogP contribution < -0.4 is 46.2 Å². The number of carbonyl (C=O) groups excluding carboxylic acids is 4. The molecule has 0 spiro atoms. The number of unbranched alkanes of at least 4 members (excludes halogenated alkanes) is 1. The number of allylic oxidation sites excluding steroid dienone is 1. The smallest absolute Gasteiger partial charge is 0.221 e. The predicted octanol–water partition coefficient (Wildman–Crippen LogP) is 0.111. The first kappa shape index (κ1) is 49.7. The van der Waals surface area contributed by atoms with Crippen molar-refractivity contribution < 1.29 is 54.7 Å². The number of H-pyrrole nitrogens is 1. The van der Waals surface area contributed by atoms with Crippen LogP contribution in [-0.2, 0) is 9.59 Å². The maximum atomic E-state index is 11.5. The largest absolute Gasteiger partial charge is 1.00 e. The summed E-state index contributed by atoms with van der Waals surface area (Å²) in [5.74, 6) is 0.0357. The molecule has 3 heterocycles. The van der Waals surface area contributed by atoms with Gasteiger partial charge in [-0.1, -0.05) is 12.1 Å². The Morgan fingerprint density at radius 1 is 0.846 bits per heavy atom. The Bertz CT molecular complexity index is 1690. The maximum Gasteiger partial charge on any atom is 0.221 e. The lowest BCUT2D eigenvalue weighted by Crippen LogP contribution is -3.00. The summed E-state index contributed by atoms with van der Waals surface area (Å²) < 4.78 is 0. The van der Waals surface area contributed by atoms with E-state index in [1.54, 1.807) is 42.9 Å². The monoisotopic (exact) mass is 790 g/mol. The molecule has 1 aliphatic rings. The minimum Gasteiger partial charge on any atom is -1.00 e. The summed E-state index contributed by atoms with van der Waals surface area (Å²) in [6, 6.07) is 22.2. The van der Waals surface area contributed by atoms with Crippen molar-refractivity contribution >= 4 is 71.9 Å². The SMILES string of the molecule is CC(=O)Nc1ccc(/C=C2\CCCN=C2c2cccnc2)cc1.CC(=O)Nc1ccc(C=O)cc1.Cl.Cl.[Cl-].[Cl-].[NH3+]CCCCC(=O)c1ccc[nH+]c1. The predicted molar refractivity (Wildman–Crippen MR) is 203 cm³/mol. The van der Waals surface area contributed by atoms with Crippen LogP contribution in [0, 0.1) is 0 Å². The van der Waals surface area contributed by atoms with Crippen molar-refractivity contribution in [2.24, 2.45) is 4.99 Å². The number of aldehydes is 1. The molecule has 10 nitrogen and oxygen atoms in total. The normalized spacial score (nSPS) is 11.7. The number of benzene rings is 2. The van der Waals surface area contributed by atoms with E-state index >= 15 is 0 Å². The van der Waals surface area contributed by atoms with Gasteiger partial charge in [-0.25, -0.2) is 4.98 Å². The number of nitrogens with one attached hydrogen (secondary N) is 3. The fourth-order valence-electron chi connectivity index (χ4n) is 4.69. The standard InChI is InChI=1S/C19H19N3O.C10H14N2O.C9H9NO2.4ClH/c1-14(23)22-18-8-6-15(7-9-18)12-16-4-3-11-21-19(16)17-5-2-10-20-13-17;11-6-2-1-5-10(13)9-4-3-7-12-8-9;1-7(12)10-9-4-2-8(6-11)3-5-9;;;;/h2,5-10,12-13H,3-4,11H2,1H3,(H,22,23);3-4,7-8H,1-2,5-6,11H2;2-6H,1H3,(H,10,12);4*1H/b16-12+;;;;;;. The van der Waals surface area contributed by atoms with Crippen LogP contribution in [0.4, 0.5) is 11.4 Å². The summed E-state index contributed by atoms with van der Waals surface area (Å²) in [6.45, 7) is 4.72. The minimum atomic E-state index is -0.117. The number of anilines is 2. The Kier molecular flexibility index (Phi) is 26.9. The molecule has 0 saturated carbocycles. The van der Waals surface area contributed by atoms with Gasteiger partial charge in [0.15, 0.2) is 18.2 Å². The molecule has 5 rings (SSSR count). The molecule has 280 valence electrons. The van der Waals surface area contributed by atoms with Crippen molar-refractivity contribution in [1.82, 2.24) is 4.98 Å². The fourth-order valence-corrected chi connectivity index (χ4v) is 4.69. The number of halogens is 4. The van der Waals surface area contributed by atoms with Crippen LogP contribution in [0.25, 0.3) is 6.08 Å². The number of carbonyl (C=O) groups is 4. The number of amides is 2. The Morgan fingerprint density at radius 3 is 1.96 bits per heavy atom. The Morgan fingerprint density at radius 2 is 1.46 bits per heavy atom. The second-order valence-electron chi connectivity index (χ2n) is 11.0. The van der Waals surface area contributed by atoms with E-state index in [9.17, 15) is 19.2 Å². The van der Waals surface area contributed by atoms with Crippen molar-refractivity contribution in [3.05, 3.63) is 125 Å². The molecule has 0 fully saturated rings. The second kappa shape index (κ2) is 28.2. The summed E-state index contributed by atoms with van der Waals surface area (Å²) in [6.07, 6.45) is 14.8. The molecule has 2 aromatic carbocycles. The highest BCUT2D eigenvalue weighted by atomic mass is 35.5. The summed E-state index contributed by atoms with van der Waals surface area (Å²) in [5, 5.41) is 5.38. The van der Waals surface area contributed by atoms with Gasteiger partial charge >= 0.3 is 0 Å². The number of pyridine rings is 2. The average Bonchev–Trinajstić information content (AvgIpc) is 3.11. The molecular weight excluding hydrogens is 746 g/mol. The van der Waals surface area contributed by atoms with Gasteiger partial charge in [-0.3, -0.25) is 29.2 Å². The van der Waals surface area contributed by atoms with Crippen molar-refractivity contribution in [2.75, 3.05) is 23.7 Å². The van der Waals surface area contributed by atoms with Crippen molar-refractivity contribution in [3.63, 3.8) is 0 Å². The quantitative estimate of drug-likeness (QED) is 0.118. The summed E-state index contributed by atoms with van der Waals surface area (Å²) in [5.41, 5.74) is 11.1. The molecule has 2 amide bonds. The van der Waals surface area contributed by atoms with Crippen LogP contribution in [0.3, 0.4) is 0 Å². The van der Waals surface area contributed by atoms with Crippen LogP contribution in [0.15, 0.2) is 108 Å². The Hall–Kier alpha value is -4.45. The lowest BCUT2D eigenvalue weighted by atomic mass is 9.95. The Labute approximate surface area is 330 Å².